The van der Waals surface area contributed by atoms with Gasteiger partial charge in [-0.05, 0) is 41.6 Å². The van der Waals surface area contributed by atoms with Crippen LogP contribution in [0.2, 0.25) is 0 Å². The topological polar surface area (TPSA) is 74.5 Å². The van der Waals surface area contributed by atoms with Crippen LogP contribution in [0.25, 0.3) is 10.9 Å². The lowest BCUT2D eigenvalue weighted by Crippen LogP contribution is -2.39. The summed E-state index contributed by atoms with van der Waals surface area (Å²) in [6.45, 7) is 0.468. The highest BCUT2D eigenvalue weighted by Gasteiger charge is 2.12. The molecule has 0 aliphatic heterocycles. The van der Waals surface area contributed by atoms with Crippen LogP contribution in [-0.2, 0) is 17.8 Å². The van der Waals surface area contributed by atoms with Crippen molar-refractivity contribution in [2.75, 3.05) is 6.61 Å². The predicted octanol–water partition coefficient (Wildman–Crippen LogP) is 2.46. The minimum absolute atomic E-state index is 0.0874. The molecule has 5 nitrogen and oxygen atoms in total. The lowest BCUT2D eigenvalue weighted by Gasteiger charge is -2.17. The van der Waals surface area contributed by atoms with E-state index >= 15 is 0 Å². The van der Waals surface area contributed by atoms with Crippen molar-refractivity contribution in [2.45, 2.75) is 25.4 Å². The molecule has 0 aliphatic rings. The Morgan fingerprint density at radius 1 is 1.08 bits per heavy atom. The number of hydrogen-bond donors (Lipinski definition) is 3. The summed E-state index contributed by atoms with van der Waals surface area (Å²) in [6.07, 6.45) is 2.86. The van der Waals surface area contributed by atoms with E-state index in [-0.39, 0.29) is 24.3 Å². The Labute approximate surface area is 146 Å². The van der Waals surface area contributed by atoms with Gasteiger partial charge in [0.2, 0.25) is 5.91 Å². The van der Waals surface area contributed by atoms with Gasteiger partial charge in [0.15, 0.2) is 0 Å². The lowest BCUT2D eigenvalue weighted by atomic mass is 10.1. The normalized spacial score (nSPS) is 12.2. The van der Waals surface area contributed by atoms with Crippen molar-refractivity contribution in [3.05, 3.63) is 66.4 Å². The number of nitrogens with zero attached hydrogens (tertiary/aromatic N) is 1. The van der Waals surface area contributed by atoms with Crippen molar-refractivity contribution < 1.29 is 15.0 Å². The van der Waals surface area contributed by atoms with Crippen molar-refractivity contribution in [3.8, 4) is 5.75 Å². The second kappa shape index (κ2) is 7.85. The number of aromatic hydroxyl groups is 1. The number of carbonyl (C=O) groups excluding carboxylic acids is 1. The molecule has 0 radical (unpaired) electrons. The van der Waals surface area contributed by atoms with Gasteiger partial charge in [0.1, 0.15) is 5.75 Å². The third-order valence-corrected chi connectivity index (χ3v) is 4.26. The molecule has 0 spiro atoms. The molecule has 1 amide bonds. The molecular formula is C20H22N2O3. The average Bonchev–Trinajstić information content (AvgIpc) is 3.04. The van der Waals surface area contributed by atoms with E-state index in [1.807, 2.05) is 36.5 Å². The molecule has 0 aliphatic carbocycles. The molecule has 0 fully saturated rings. The molecule has 2 aromatic carbocycles. The van der Waals surface area contributed by atoms with Crippen LogP contribution >= 0.6 is 0 Å². The fraction of sp³-hybridized carbons (Fsp3) is 0.250. The van der Waals surface area contributed by atoms with E-state index in [9.17, 15) is 15.0 Å². The van der Waals surface area contributed by atoms with E-state index in [4.69, 9.17) is 0 Å². The minimum Gasteiger partial charge on any atom is -0.508 e. The maximum Gasteiger partial charge on any atom is 0.222 e. The van der Waals surface area contributed by atoms with Gasteiger partial charge >= 0.3 is 0 Å². The largest absolute Gasteiger partial charge is 0.508 e. The maximum absolute atomic E-state index is 12.2. The van der Waals surface area contributed by atoms with Crippen LogP contribution in [0.15, 0.2) is 60.8 Å². The van der Waals surface area contributed by atoms with Crippen LogP contribution < -0.4 is 5.32 Å². The van der Waals surface area contributed by atoms with Gasteiger partial charge in [-0.15, -0.1) is 0 Å². The number of hydrogen-bond acceptors (Lipinski definition) is 3. The average molecular weight is 338 g/mol. The zero-order valence-corrected chi connectivity index (χ0v) is 13.9. The summed E-state index contributed by atoms with van der Waals surface area (Å²) in [5.41, 5.74) is 2.06. The van der Waals surface area contributed by atoms with Crippen molar-refractivity contribution in [1.29, 1.82) is 0 Å². The molecular weight excluding hydrogens is 316 g/mol. The summed E-state index contributed by atoms with van der Waals surface area (Å²) < 4.78 is 2.06. The zero-order chi connectivity index (χ0) is 17.6. The van der Waals surface area contributed by atoms with Crippen LogP contribution in [0, 0.1) is 0 Å². The van der Waals surface area contributed by atoms with Crippen LogP contribution in [0.4, 0.5) is 0 Å². The first kappa shape index (κ1) is 17.0. The highest BCUT2D eigenvalue weighted by atomic mass is 16.3. The van der Waals surface area contributed by atoms with Crippen molar-refractivity contribution in [3.63, 3.8) is 0 Å². The molecule has 0 bridgehead atoms. The van der Waals surface area contributed by atoms with E-state index in [0.29, 0.717) is 19.4 Å². The number of benzene rings is 2. The summed E-state index contributed by atoms with van der Waals surface area (Å²) in [4.78, 5) is 12.2. The molecule has 1 atom stereocenters. The van der Waals surface area contributed by atoms with E-state index in [2.05, 4.69) is 9.88 Å². The van der Waals surface area contributed by atoms with Gasteiger partial charge in [-0.25, -0.2) is 0 Å². The van der Waals surface area contributed by atoms with E-state index < -0.39 is 0 Å². The van der Waals surface area contributed by atoms with Gasteiger partial charge in [-0.1, -0.05) is 30.3 Å². The number of amides is 1. The Balaban J connectivity index is 1.54. The first-order valence-electron chi connectivity index (χ1n) is 8.37. The van der Waals surface area contributed by atoms with Crippen LogP contribution in [0.1, 0.15) is 12.0 Å². The number of aliphatic hydroxyl groups excluding tert-OH is 1. The molecule has 3 N–H and O–H groups in total. The third-order valence-electron chi connectivity index (χ3n) is 4.26. The van der Waals surface area contributed by atoms with Crippen molar-refractivity contribution in [2.24, 2.45) is 0 Å². The fourth-order valence-electron chi connectivity index (χ4n) is 2.94. The number of aryl methyl sites for hydroxylation is 1. The summed E-state index contributed by atoms with van der Waals surface area (Å²) >= 11 is 0. The van der Waals surface area contributed by atoms with Crippen molar-refractivity contribution >= 4 is 16.8 Å². The number of aromatic nitrogens is 1. The quantitative estimate of drug-likeness (QED) is 0.619. The van der Waals surface area contributed by atoms with E-state index in [1.54, 1.807) is 24.3 Å². The minimum atomic E-state index is -0.335. The second-order valence-electron chi connectivity index (χ2n) is 6.14. The first-order chi connectivity index (χ1) is 12.2. The van der Waals surface area contributed by atoms with Gasteiger partial charge in [0, 0.05) is 24.7 Å². The Bertz CT molecular complexity index is 840. The summed E-state index contributed by atoms with van der Waals surface area (Å²) in [6, 6.07) is 16.5. The number of aliphatic hydroxyl groups is 1. The summed E-state index contributed by atoms with van der Waals surface area (Å²) in [7, 11) is 0. The Hall–Kier alpha value is -2.79. The summed E-state index contributed by atoms with van der Waals surface area (Å²) in [5.74, 6) is 0.114. The second-order valence-corrected chi connectivity index (χ2v) is 6.14. The smallest absolute Gasteiger partial charge is 0.222 e. The van der Waals surface area contributed by atoms with Gasteiger partial charge < -0.3 is 20.1 Å². The van der Waals surface area contributed by atoms with Crippen molar-refractivity contribution in [1.82, 2.24) is 9.88 Å². The predicted molar refractivity (Wildman–Crippen MR) is 97.4 cm³/mol. The molecule has 3 rings (SSSR count). The highest BCUT2D eigenvalue weighted by molar-refractivity contribution is 5.80. The molecule has 25 heavy (non-hydrogen) atoms. The number of nitrogens with one attached hydrogen (secondary N) is 1. The molecule has 130 valence electrons. The third kappa shape index (κ3) is 4.39. The SMILES string of the molecule is O=C(CCn1ccc2ccccc21)N[C@H](CO)Cc1ccc(O)cc1. The fourth-order valence-corrected chi connectivity index (χ4v) is 2.94. The number of phenolic OH excluding ortho intramolecular Hbond substituents is 1. The number of fused-ring (bicyclic) bond motifs is 1. The number of para-hydroxylation sites is 1. The molecule has 0 saturated carbocycles. The molecule has 0 saturated heterocycles. The molecule has 5 heteroatoms. The number of rotatable bonds is 7. The van der Waals surface area contributed by atoms with Crippen LogP contribution in [0.5, 0.6) is 5.75 Å². The maximum atomic E-state index is 12.2. The lowest BCUT2D eigenvalue weighted by molar-refractivity contribution is -0.122. The Morgan fingerprint density at radius 2 is 1.84 bits per heavy atom. The Kier molecular flexibility index (Phi) is 5.36. The standard InChI is InChI=1S/C20H22N2O3/c23-14-17(13-15-5-7-18(24)8-6-15)21-20(25)10-12-22-11-9-16-3-1-2-4-19(16)22/h1-9,11,17,23-24H,10,12-14H2,(H,21,25)/t17-/m0/s1. The van der Waals surface area contributed by atoms with E-state index in [1.165, 1.54) is 0 Å². The monoisotopic (exact) mass is 338 g/mol. The van der Waals surface area contributed by atoms with Gasteiger partial charge in [0.25, 0.3) is 0 Å². The molecule has 3 aromatic rings. The van der Waals surface area contributed by atoms with Crippen LogP contribution in [0.3, 0.4) is 0 Å². The van der Waals surface area contributed by atoms with Gasteiger partial charge in [-0.3, -0.25) is 4.79 Å². The first-order valence-corrected chi connectivity index (χ1v) is 8.37. The molecule has 0 unspecified atom stereocenters. The molecule has 1 heterocycles. The Morgan fingerprint density at radius 3 is 2.60 bits per heavy atom. The molecule has 1 aromatic heterocycles. The van der Waals surface area contributed by atoms with Gasteiger partial charge in [0.05, 0.1) is 12.6 Å². The number of carbonyl (C=O) groups is 1. The summed E-state index contributed by atoms with van der Waals surface area (Å²) in [5, 5.41) is 22.9. The highest BCUT2D eigenvalue weighted by Crippen LogP contribution is 2.15. The van der Waals surface area contributed by atoms with Gasteiger partial charge in [-0.2, -0.15) is 0 Å². The number of phenols is 1. The van der Waals surface area contributed by atoms with Crippen LogP contribution in [-0.4, -0.2) is 33.3 Å². The zero-order valence-electron chi connectivity index (χ0n) is 13.9. The van der Waals surface area contributed by atoms with E-state index in [0.717, 1.165) is 16.5 Å².